The first kappa shape index (κ1) is 18.6. The van der Waals surface area contributed by atoms with E-state index in [1.165, 1.54) is 16.3 Å². The molecule has 1 fully saturated rings. The molecule has 1 amide bonds. The standard InChI is InChI=1S/C17H19N7O3S/c18-14(25)9-23-15(19-13-6-2-1-5-12(13)16(23)26)10-28-17-20-21-22-24(17)8-11-4-3-7-27-11/h1-2,5-6,11H,3-4,7-10H2,(H2,18,25)/t11-/m0/s1. The van der Waals surface area contributed by atoms with E-state index in [9.17, 15) is 9.59 Å². The first-order chi connectivity index (χ1) is 13.6. The summed E-state index contributed by atoms with van der Waals surface area (Å²) in [6, 6.07) is 7.02. The maximum Gasteiger partial charge on any atom is 0.261 e. The molecule has 0 saturated carbocycles. The van der Waals surface area contributed by atoms with Crippen LogP contribution in [-0.2, 0) is 28.4 Å². The van der Waals surface area contributed by atoms with Crippen LogP contribution in [0.5, 0.6) is 0 Å². The van der Waals surface area contributed by atoms with Gasteiger partial charge < -0.3 is 10.5 Å². The summed E-state index contributed by atoms with van der Waals surface area (Å²) in [7, 11) is 0. The Morgan fingerprint density at radius 2 is 2.21 bits per heavy atom. The fraction of sp³-hybridized carbons (Fsp3) is 0.412. The van der Waals surface area contributed by atoms with Crippen molar-refractivity contribution in [3.63, 3.8) is 0 Å². The molecular weight excluding hydrogens is 382 g/mol. The van der Waals surface area contributed by atoms with E-state index in [4.69, 9.17) is 10.5 Å². The number of carbonyl (C=O) groups excluding carboxylic acids is 1. The van der Waals surface area contributed by atoms with Gasteiger partial charge in [0, 0.05) is 6.61 Å². The first-order valence-corrected chi connectivity index (χ1v) is 9.87. The van der Waals surface area contributed by atoms with Crippen LogP contribution in [0.15, 0.2) is 34.2 Å². The minimum absolute atomic E-state index is 0.106. The van der Waals surface area contributed by atoms with E-state index in [2.05, 4.69) is 20.5 Å². The van der Waals surface area contributed by atoms with Crippen molar-refractivity contribution in [1.29, 1.82) is 0 Å². The van der Waals surface area contributed by atoms with E-state index >= 15 is 0 Å². The molecule has 146 valence electrons. The Bertz CT molecular complexity index is 1060. The number of thioether (sulfide) groups is 1. The second-order valence-corrected chi connectivity index (χ2v) is 7.41. The van der Waals surface area contributed by atoms with E-state index < -0.39 is 5.91 Å². The molecule has 1 aromatic carbocycles. The topological polar surface area (TPSA) is 131 Å². The average Bonchev–Trinajstić information content (AvgIpc) is 3.35. The third-order valence-corrected chi connectivity index (χ3v) is 5.44. The van der Waals surface area contributed by atoms with E-state index in [1.807, 2.05) is 6.07 Å². The molecule has 3 aromatic rings. The summed E-state index contributed by atoms with van der Waals surface area (Å²) in [5, 5.41) is 12.9. The summed E-state index contributed by atoms with van der Waals surface area (Å²) in [4.78, 5) is 28.8. The lowest BCUT2D eigenvalue weighted by Gasteiger charge is -2.12. The smallest absolute Gasteiger partial charge is 0.261 e. The van der Waals surface area contributed by atoms with Crippen molar-refractivity contribution in [2.24, 2.45) is 5.73 Å². The van der Waals surface area contributed by atoms with Gasteiger partial charge in [0.2, 0.25) is 11.1 Å². The number of carbonyl (C=O) groups is 1. The third kappa shape index (κ3) is 3.90. The van der Waals surface area contributed by atoms with Crippen LogP contribution in [0.4, 0.5) is 0 Å². The van der Waals surface area contributed by atoms with Crippen LogP contribution >= 0.6 is 11.8 Å². The molecule has 1 saturated heterocycles. The molecule has 0 radical (unpaired) electrons. The molecule has 0 aliphatic carbocycles. The molecule has 0 spiro atoms. The highest BCUT2D eigenvalue weighted by molar-refractivity contribution is 7.98. The van der Waals surface area contributed by atoms with Gasteiger partial charge in [0.25, 0.3) is 5.56 Å². The van der Waals surface area contributed by atoms with Crippen molar-refractivity contribution in [3.8, 4) is 0 Å². The molecule has 1 atom stereocenters. The number of ether oxygens (including phenoxy) is 1. The van der Waals surface area contributed by atoms with Gasteiger partial charge in [-0.2, -0.15) is 0 Å². The molecule has 0 unspecified atom stereocenters. The zero-order chi connectivity index (χ0) is 19.5. The lowest BCUT2D eigenvalue weighted by atomic mass is 10.2. The summed E-state index contributed by atoms with van der Waals surface area (Å²) >= 11 is 1.35. The van der Waals surface area contributed by atoms with Crippen LogP contribution in [0.25, 0.3) is 10.9 Å². The number of amides is 1. The van der Waals surface area contributed by atoms with E-state index in [-0.39, 0.29) is 18.2 Å². The Labute approximate surface area is 164 Å². The minimum atomic E-state index is -0.603. The van der Waals surface area contributed by atoms with E-state index in [0.29, 0.717) is 34.2 Å². The highest BCUT2D eigenvalue weighted by Gasteiger charge is 2.20. The maximum atomic E-state index is 12.8. The SMILES string of the molecule is NC(=O)Cn1c(CSc2nnnn2C[C@@H]2CCCO2)nc2ccccc2c1=O. The van der Waals surface area contributed by atoms with Gasteiger partial charge in [0.1, 0.15) is 12.4 Å². The predicted molar refractivity (Wildman–Crippen MR) is 102 cm³/mol. The first-order valence-electron chi connectivity index (χ1n) is 8.89. The van der Waals surface area contributed by atoms with E-state index in [1.54, 1.807) is 22.9 Å². The molecule has 10 nitrogen and oxygen atoms in total. The number of tetrazole rings is 1. The molecule has 2 N–H and O–H groups in total. The van der Waals surface area contributed by atoms with Gasteiger partial charge in [0.15, 0.2) is 0 Å². The van der Waals surface area contributed by atoms with Crippen molar-refractivity contribution in [1.82, 2.24) is 29.8 Å². The molecule has 4 rings (SSSR count). The number of benzene rings is 1. The van der Waals surface area contributed by atoms with Crippen molar-refractivity contribution in [3.05, 3.63) is 40.4 Å². The second kappa shape index (κ2) is 8.07. The predicted octanol–water partition coefficient (Wildman–Crippen LogP) is 0.340. The average molecular weight is 401 g/mol. The van der Waals surface area contributed by atoms with Gasteiger partial charge in [-0.05, 0) is 35.4 Å². The summed E-state index contributed by atoms with van der Waals surface area (Å²) in [6.45, 7) is 1.11. The molecule has 1 aliphatic heterocycles. The van der Waals surface area contributed by atoms with Gasteiger partial charge in [-0.15, -0.1) is 5.10 Å². The van der Waals surface area contributed by atoms with Crippen molar-refractivity contribution >= 4 is 28.6 Å². The quantitative estimate of drug-likeness (QED) is 0.561. The normalized spacial score (nSPS) is 16.6. The number of aromatic nitrogens is 6. The van der Waals surface area contributed by atoms with Gasteiger partial charge >= 0.3 is 0 Å². The fourth-order valence-electron chi connectivity index (χ4n) is 3.17. The number of hydrogen-bond acceptors (Lipinski definition) is 8. The van der Waals surface area contributed by atoms with Crippen LogP contribution in [0.3, 0.4) is 0 Å². The molecular formula is C17H19N7O3S. The van der Waals surface area contributed by atoms with Crippen LogP contribution in [0.2, 0.25) is 0 Å². The highest BCUT2D eigenvalue weighted by Crippen LogP contribution is 2.22. The van der Waals surface area contributed by atoms with E-state index in [0.717, 1.165) is 19.4 Å². The Morgan fingerprint density at radius 1 is 1.36 bits per heavy atom. The number of fused-ring (bicyclic) bond motifs is 1. The van der Waals surface area contributed by atoms with Crippen molar-refractivity contribution in [2.75, 3.05) is 6.61 Å². The van der Waals surface area contributed by atoms with Crippen molar-refractivity contribution < 1.29 is 9.53 Å². The van der Waals surface area contributed by atoms with Gasteiger partial charge in [-0.25, -0.2) is 9.67 Å². The largest absolute Gasteiger partial charge is 0.376 e. The Hall–Kier alpha value is -2.79. The molecule has 2 aromatic heterocycles. The fourth-order valence-corrected chi connectivity index (χ4v) is 4.00. The Balaban J connectivity index is 1.60. The lowest BCUT2D eigenvalue weighted by Crippen LogP contribution is -2.31. The lowest BCUT2D eigenvalue weighted by molar-refractivity contribution is -0.118. The Morgan fingerprint density at radius 3 is 3.00 bits per heavy atom. The molecule has 11 heteroatoms. The highest BCUT2D eigenvalue weighted by atomic mass is 32.2. The summed E-state index contributed by atoms with van der Waals surface area (Å²) in [5.41, 5.74) is 5.61. The third-order valence-electron chi connectivity index (χ3n) is 4.48. The molecule has 1 aliphatic rings. The minimum Gasteiger partial charge on any atom is -0.376 e. The summed E-state index contributed by atoms with van der Waals surface area (Å²) in [6.07, 6.45) is 2.12. The summed E-state index contributed by atoms with van der Waals surface area (Å²) < 4.78 is 8.64. The van der Waals surface area contributed by atoms with Crippen LogP contribution in [-0.4, -0.2) is 48.4 Å². The van der Waals surface area contributed by atoms with Crippen LogP contribution in [0, 0.1) is 0 Å². The Kier molecular flexibility index (Phi) is 5.35. The van der Waals surface area contributed by atoms with Gasteiger partial charge in [-0.1, -0.05) is 23.9 Å². The zero-order valence-corrected chi connectivity index (χ0v) is 15.8. The monoisotopic (exact) mass is 401 g/mol. The number of nitrogens with two attached hydrogens (primary N) is 1. The number of primary amides is 1. The van der Waals surface area contributed by atoms with Gasteiger partial charge in [-0.3, -0.25) is 14.2 Å². The summed E-state index contributed by atoms with van der Waals surface area (Å²) in [5.74, 6) is 0.159. The number of rotatable bonds is 7. The number of para-hydroxylation sites is 1. The van der Waals surface area contributed by atoms with Crippen LogP contribution < -0.4 is 11.3 Å². The van der Waals surface area contributed by atoms with Gasteiger partial charge in [0.05, 0.1) is 29.3 Å². The number of nitrogens with zero attached hydrogens (tertiary/aromatic N) is 6. The molecule has 0 bridgehead atoms. The van der Waals surface area contributed by atoms with Crippen LogP contribution in [0.1, 0.15) is 18.7 Å². The molecule has 28 heavy (non-hydrogen) atoms. The second-order valence-electron chi connectivity index (χ2n) is 6.47. The maximum absolute atomic E-state index is 12.8. The number of hydrogen-bond donors (Lipinski definition) is 1. The zero-order valence-electron chi connectivity index (χ0n) is 15.0. The van der Waals surface area contributed by atoms with Crippen molar-refractivity contribution in [2.45, 2.75) is 42.9 Å². The molecule has 3 heterocycles.